The molecule has 0 fully saturated rings. The summed E-state index contributed by atoms with van der Waals surface area (Å²) in [6.45, 7) is -0.324. The Morgan fingerprint density at radius 3 is 3.08 bits per heavy atom. The van der Waals surface area contributed by atoms with Gasteiger partial charge in [0.2, 0.25) is 0 Å². The lowest BCUT2D eigenvalue weighted by atomic mass is 9.63. The number of halogens is 1. The van der Waals surface area contributed by atoms with E-state index in [4.69, 9.17) is 0 Å². The van der Waals surface area contributed by atoms with Gasteiger partial charge in [0, 0.05) is 3.57 Å². The largest absolute Gasteiger partial charge is 0.446 e. The van der Waals surface area contributed by atoms with Crippen LogP contribution in [0.2, 0.25) is 6.32 Å². The first kappa shape index (κ1) is 8.38. The monoisotopic (exact) mass is 274 g/mol. The Morgan fingerprint density at radius 1 is 1.50 bits per heavy atom. The maximum Gasteiger partial charge on any atom is 0.324 e. The molecule has 0 aromatic heterocycles. The fourth-order valence-electron chi connectivity index (χ4n) is 1.60. The quantitative estimate of drug-likeness (QED) is 0.610. The summed E-state index contributed by atoms with van der Waals surface area (Å²) >= 11 is -1.08. The normalized spacial score (nSPS) is 14.9. The molecule has 1 N–H and O–H groups in total. The molecule has 0 spiro atoms. The summed E-state index contributed by atoms with van der Waals surface area (Å²) in [5.74, 6) is 0. The highest BCUT2D eigenvalue weighted by Gasteiger charge is 2.24. The first-order valence-corrected chi connectivity index (χ1v) is 5.85. The van der Waals surface area contributed by atoms with Gasteiger partial charge in [-0.1, -0.05) is 11.6 Å². The zero-order valence-electron chi connectivity index (χ0n) is 6.46. The number of aryl methyl sites for hydroxylation is 1. The number of rotatable bonds is 1. The highest BCUT2D eigenvalue weighted by molar-refractivity contribution is 14.1. The van der Waals surface area contributed by atoms with Crippen molar-refractivity contribution in [2.45, 2.75) is 12.7 Å². The first-order chi connectivity index (χ1) is 5.81. The molecule has 1 aromatic rings. The second kappa shape index (κ2) is 3.26. The lowest BCUT2D eigenvalue weighted by Gasteiger charge is -1.99. The molecule has 0 saturated heterocycles. The fourth-order valence-corrected chi connectivity index (χ4v) is 2.39. The van der Waals surface area contributed by atoms with Crippen LogP contribution in [0.25, 0.3) is 0 Å². The molecule has 62 valence electrons. The molecule has 0 amide bonds. The van der Waals surface area contributed by atoms with Crippen LogP contribution in [0.3, 0.4) is 0 Å². The first-order valence-electron chi connectivity index (χ1n) is 3.89. The molecule has 0 radical (unpaired) electrons. The van der Waals surface area contributed by atoms with Gasteiger partial charge in [-0.3, -0.25) is 3.07 Å². The van der Waals surface area contributed by atoms with Gasteiger partial charge < -0.3 is 5.02 Å². The second-order valence-corrected chi connectivity index (χ2v) is 4.66. The Hall–Kier alpha value is -0.225. The number of benzene rings is 1. The van der Waals surface area contributed by atoms with E-state index in [9.17, 15) is 8.09 Å². The summed E-state index contributed by atoms with van der Waals surface area (Å²) in [5.41, 5.74) is 2.20. The minimum atomic E-state index is -1.08. The lowest BCUT2D eigenvalue weighted by molar-refractivity contribution is 0.587. The standard InChI is InChI=1S/C8H8BIO2/c11-9-4-3-6-1-2-7(10-12)5-8(6)9/h1-2,5,11H,3-4H2. The van der Waals surface area contributed by atoms with Crippen molar-refractivity contribution < 1.29 is 8.09 Å². The lowest BCUT2D eigenvalue weighted by Crippen LogP contribution is -2.26. The molecule has 12 heavy (non-hydrogen) atoms. The average Bonchev–Trinajstić information content (AvgIpc) is 2.47. The maximum atomic E-state index is 10.7. The number of hydrogen-bond donors (Lipinski definition) is 1. The van der Waals surface area contributed by atoms with Gasteiger partial charge in [0.25, 0.3) is 0 Å². The maximum absolute atomic E-state index is 10.7. The molecule has 0 saturated carbocycles. The summed E-state index contributed by atoms with van der Waals surface area (Å²) in [6.07, 6.45) is 1.77. The third-order valence-electron chi connectivity index (χ3n) is 2.24. The van der Waals surface area contributed by atoms with Crippen molar-refractivity contribution in [1.82, 2.24) is 0 Å². The Labute approximate surface area is 81.7 Å². The van der Waals surface area contributed by atoms with Crippen LogP contribution in [-0.4, -0.2) is 11.9 Å². The molecule has 1 aliphatic heterocycles. The Balaban J connectivity index is 2.50. The molecule has 0 atom stereocenters. The van der Waals surface area contributed by atoms with Gasteiger partial charge in [-0.2, -0.15) is 0 Å². The third kappa shape index (κ3) is 1.33. The SMILES string of the molecule is O=Ic1ccc2c(c1)B(O)CC2. The topological polar surface area (TPSA) is 37.3 Å². The molecule has 0 aliphatic carbocycles. The summed E-state index contributed by atoms with van der Waals surface area (Å²) in [5, 5.41) is 9.51. The molecule has 1 heterocycles. The third-order valence-corrected chi connectivity index (χ3v) is 3.42. The minimum absolute atomic E-state index is 0.324. The molecular formula is C8H8BIO2. The molecule has 2 nitrogen and oxygen atoms in total. The zero-order chi connectivity index (χ0) is 8.55. The van der Waals surface area contributed by atoms with Crippen LogP contribution in [0, 0.1) is 3.57 Å². The van der Waals surface area contributed by atoms with Gasteiger partial charge in [0.15, 0.2) is 21.2 Å². The van der Waals surface area contributed by atoms with Crippen LogP contribution in [0.4, 0.5) is 0 Å². The van der Waals surface area contributed by atoms with E-state index in [1.807, 2.05) is 18.2 Å². The van der Waals surface area contributed by atoms with Crippen molar-refractivity contribution in [2.75, 3.05) is 0 Å². The molecule has 1 aliphatic rings. The van der Waals surface area contributed by atoms with Gasteiger partial charge >= 0.3 is 6.92 Å². The van der Waals surface area contributed by atoms with E-state index in [2.05, 4.69) is 0 Å². The van der Waals surface area contributed by atoms with E-state index in [0.717, 1.165) is 21.8 Å². The van der Waals surface area contributed by atoms with E-state index in [1.165, 1.54) is 5.56 Å². The minimum Gasteiger partial charge on any atom is -0.446 e. The Bertz CT molecular complexity index is 327. The number of fused-ring (bicyclic) bond motifs is 1. The molecule has 1 aromatic carbocycles. The van der Waals surface area contributed by atoms with E-state index < -0.39 is 21.2 Å². The molecule has 0 unspecified atom stereocenters. The van der Waals surface area contributed by atoms with Gasteiger partial charge in [-0.25, -0.2) is 0 Å². The molecular weight excluding hydrogens is 266 g/mol. The van der Waals surface area contributed by atoms with Crippen molar-refractivity contribution in [3.63, 3.8) is 0 Å². The van der Waals surface area contributed by atoms with Gasteiger partial charge in [0.1, 0.15) is 0 Å². The number of hydrogen-bond acceptors (Lipinski definition) is 2. The van der Waals surface area contributed by atoms with E-state index >= 15 is 0 Å². The van der Waals surface area contributed by atoms with Crippen LogP contribution in [0.1, 0.15) is 5.56 Å². The summed E-state index contributed by atoms with van der Waals surface area (Å²) in [7, 11) is 0. The summed E-state index contributed by atoms with van der Waals surface area (Å²) in [6, 6.07) is 5.77. The highest BCUT2D eigenvalue weighted by Crippen LogP contribution is 2.16. The van der Waals surface area contributed by atoms with Gasteiger partial charge in [-0.15, -0.1) is 0 Å². The van der Waals surface area contributed by atoms with E-state index in [0.29, 0.717) is 0 Å². The fraction of sp³-hybridized carbons (Fsp3) is 0.250. The highest BCUT2D eigenvalue weighted by atomic mass is 127. The van der Waals surface area contributed by atoms with Crippen LogP contribution in [-0.2, 0) is 9.49 Å². The molecule has 0 bridgehead atoms. The van der Waals surface area contributed by atoms with Crippen molar-refractivity contribution >= 4 is 33.6 Å². The average molecular weight is 274 g/mol. The van der Waals surface area contributed by atoms with Crippen LogP contribution in [0.15, 0.2) is 18.2 Å². The van der Waals surface area contributed by atoms with Crippen molar-refractivity contribution in [1.29, 1.82) is 0 Å². The van der Waals surface area contributed by atoms with E-state index in [-0.39, 0.29) is 6.92 Å². The summed E-state index contributed by atoms with van der Waals surface area (Å²) < 4.78 is 11.5. The van der Waals surface area contributed by atoms with Crippen LogP contribution < -0.4 is 5.46 Å². The predicted molar refractivity (Wildman–Crippen MR) is 56.0 cm³/mol. The van der Waals surface area contributed by atoms with Crippen molar-refractivity contribution in [3.8, 4) is 0 Å². The zero-order valence-corrected chi connectivity index (χ0v) is 8.61. The summed E-state index contributed by atoms with van der Waals surface area (Å²) in [4.78, 5) is 0. The Morgan fingerprint density at radius 2 is 2.33 bits per heavy atom. The smallest absolute Gasteiger partial charge is 0.324 e. The van der Waals surface area contributed by atoms with E-state index in [1.54, 1.807) is 0 Å². The molecule has 4 heteroatoms. The van der Waals surface area contributed by atoms with Crippen LogP contribution >= 0.6 is 21.2 Å². The van der Waals surface area contributed by atoms with Crippen molar-refractivity contribution in [3.05, 3.63) is 27.3 Å². The van der Waals surface area contributed by atoms with Crippen molar-refractivity contribution in [2.24, 2.45) is 0 Å². The molecule has 2 rings (SSSR count). The second-order valence-electron chi connectivity index (χ2n) is 2.97. The predicted octanol–water partition coefficient (Wildman–Crippen LogP) is 0.919. The van der Waals surface area contributed by atoms with Crippen LogP contribution in [0.5, 0.6) is 0 Å². The van der Waals surface area contributed by atoms with Gasteiger partial charge in [-0.05, 0) is 30.3 Å². The Kier molecular flexibility index (Phi) is 2.27. The van der Waals surface area contributed by atoms with Gasteiger partial charge in [0.05, 0.1) is 0 Å².